The van der Waals surface area contributed by atoms with Crippen molar-refractivity contribution in [1.29, 1.82) is 0 Å². The molecule has 0 aromatic carbocycles. The summed E-state index contributed by atoms with van der Waals surface area (Å²) in [7, 11) is 1.62. The molecule has 2 N–H and O–H groups in total. The van der Waals surface area contributed by atoms with Gasteiger partial charge in [-0.2, -0.15) is 0 Å². The Balaban J connectivity index is 2.86. The van der Waals surface area contributed by atoms with E-state index in [0.717, 1.165) is 0 Å². The highest BCUT2D eigenvalue weighted by atomic mass is 16.4. The fourth-order valence-corrected chi connectivity index (χ4v) is 1.09. The highest BCUT2D eigenvalue weighted by molar-refractivity contribution is 5.93. The molecule has 0 atom stereocenters. The molecule has 0 aliphatic carbocycles. The van der Waals surface area contributed by atoms with E-state index in [1.807, 2.05) is 0 Å². The van der Waals surface area contributed by atoms with Gasteiger partial charge in [-0.1, -0.05) is 6.92 Å². The van der Waals surface area contributed by atoms with Crippen molar-refractivity contribution in [3.05, 3.63) is 18.0 Å². The molecule has 1 heterocycles. The maximum atomic E-state index is 11.0. The van der Waals surface area contributed by atoms with Crippen LogP contribution in [0.25, 0.3) is 0 Å². The Bertz CT molecular complexity index is 368. The maximum Gasteiger partial charge on any atom is 0.352 e. The Labute approximate surface area is 81.3 Å². The SMILES string of the molecule is CCC(=O)Nc1cc(C(=O)O)n(C)c1. The van der Waals surface area contributed by atoms with Crippen molar-refractivity contribution in [1.82, 2.24) is 4.57 Å². The van der Waals surface area contributed by atoms with Gasteiger partial charge in [0, 0.05) is 19.7 Å². The topological polar surface area (TPSA) is 71.3 Å². The summed E-state index contributed by atoms with van der Waals surface area (Å²) < 4.78 is 1.45. The standard InChI is InChI=1S/C9H12N2O3/c1-3-8(12)10-6-4-7(9(13)14)11(2)5-6/h4-5H,3H2,1-2H3,(H,10,12)(H,13,14). The summed E-state index contributed by atoms with van der Waals surface area (Å²) in [6.45, 7) is 1.73. The van der Waals surface area contributed by atoms with Crippen LogP contribution < -0.4 is 5.32 Å². The van der Waals surface area contributed by atoms with Crippen LogP contribution in [0.5, 0.6) is 0 Å². The van der Waals surface area contributed by atoms with Crippen LogP contribution in [-0.4, -0.2) is 21.6 Å². The Morgan fingerprint density at radius 1 is 1.57 bits per heavy atom. The normalized spacial score (nSPS) is 9.86. The number of aromatic carboxylic acids is 1. The van der Waals surface area contributed by atoms with Crippen molar-refractivity contribution in [2.75, 3.05) is 5.32 Å². The molecule has 1 amide bonds. The summed E-state index contributed by atoms with van der Waals surface area (Å²) in [6, 6.07) is 1.43. The monoisotopic (exact) mass is 196 g/mol. The molecule has 0 aliphatic heterocycles. The Morgan fingerprint density at radius 2 is 2.21 bits per heavy atom. The van der Waals surface area contributed by atoms with Crippen molar-refractivity contribution in [2.45, 2.75) is 13.3 Å². The van der Waals surface area contributed by atoms with Gasteiger partial charge in [-0.25, -0.2) is 4.79 Å². The fraction of sp³-hybridized carbons (Fsp3) is 0.333. The number of carboxylic acid groups (broad SMARTS) is 1. The first-order valence-electron chi connectivity index (χ1n) is 4.24. The van der Waals surface area contributed by atoms with E-state index in [2.05, 4.69) is 5.32 Å². The number of hydrogen-bond acceptors (Lipinski definition) is 2. The van der Waals surface area contributed by atoms with Gasteiger partial charge in [0.05, 0.1) is 5.69 Å². The molecule has 5 heteroatoms. The number of aryl methyl sites for hydroxylation is 1. The minimum atomic E-state index is -1.01. The summed E-state index contributed by atoms with van der Waals surface area (Å²) in [6.07, 6.45) is 1.94. The van der Waals surface area contributed by atoms with Gasteiger partial charge in [0.15, 0.2) is 0 Å². The van der Waals surface area contributed by atoms with Crippen LogP contribution in [0, 0.1) is 0 Å². The van der Waals surface area contributed by atoms with Gasteiger partial charge in [-0.05, 0) is 6.07 Å². The Morgan fingerprint density at radius 3 is 2.64 bits per heavy atom. The summed E-state index contributed by atoms with van der Waals surface area (Å²) >= 11 is 0. The van der Waals surface area contributed by atoms with E-state index < -0.39 is 5.97 Å². The van der Waals surface area contributed by atoms with E-state index in [1.54, 1.807) is 20.2 Å². The van der Waals surface area contributed by atoms with Crippen molar-refractivity contribution in [3.8, 4) is 0 Å². The highest BCUT2D eigenvalue weighted by Crippen LogP contribution is 2.12. The van der Waals surface area contributed by atoms with Crippen LogP contribution in [0.15, 0.2) is 12.3 Å². The lowest BCUT2D eigenvalue weighted by atomic mass is 10.4. The molecule has 0 saturated carbocycles. The smallest absolute Gasteiger partial charge is 0.352 e. The van der Waals surface area contributed by atoms with E-state index in [4.69, 9.17) is 5.11 Å². The third-order valence-corrected chi connectivity index (χ3v) is 1.83. The predicted octanol–water partition coefficient (Wildman–Crippen LogP) is 1.07. The van der Waals surface area contributed by atoms with Crippen LogP contribution in [0.1, 0.15) is 23.8 Å². The minimum absolute atomic E-state index is 0.132. The van der Waals surface area contributed by atoms with Gasteiger partial charge in [0.2, 0.25) is 5.91 Å². The number of carbonyl (C=O) groups excluding carboxylic acids is 1. The molecular weight excluding hydrogens is 184 g/mol. The first-order valence-corrected chi connectivity index (χ1v) is 4.24. The fourth-order valence-electron chi connectivity index (χ4n) is 1.09. The highest BCUT2D eigenvalue weighted by Gasteiger charge is 2.10. The van der Waals surface area contributed by atoms with Crippen molar-refractivity contribution in [2.24, 2.45) is 7.05 Å². The second-order valence-corrected chi connectivity index (χ2v) is 2.93. The number of carboxylic acids is 1. The third-order valence-electron chi connectivity index (χ3n) is 1.83. The van der Waals surface area contributed by atoms with E-state index in [9.17, 15) is 9.59 Å². The average Bonchev–Trinajstić information content (AvgIpc) is 2.46. The van der Waals surface area contributed by atoms with Crippen LogP contribution in [-0.2, 0) is 11.8 Å². The molecule has 0 fully saturated rings. The number of nitrogens with zero attached hydrogens (tertiary/aromatic N) is 1. The van der Waals surface area contributed by atoms with Gasteiger partial charge in [0.25, 0.3) is 0 Å². The van der Waals surface area contributed by atoms with Crippen molar-refractivity contribution in [3.63, 3.8) is 0 Å². The van der Waals surface area contributed by atoms with Gasteiger partial charge >= 0.3 is 5.97 Å². The number of carbonyl (C=O) groups is 2. The van der Waals surface area contributed by atoms with Gasteiger partial charge in [-0.3, -0.25) is 4.79 Å². The molecule has 14 heavy (non-hydrogen) atoms. The molecule has 0 bridgehead atoms. The molecule has 0 unspecified atom stereocenters. The molecule has 0 radical (unpaired) electrons. The average molecular weight is 196 g/mol. The zero-order valence-corrected chi connectivity index (χ0v) is 8.07. The lowest BCUT2D eigenvalue weighted by Gasteiger charge is -1.97. The van der Waals surface area contributed by atoms with Crippen LogP contribution in [0.2, 0.25) is 0 Å². The number of amides is 1. The van der Waals surface area contributed by atoms with Gasteiger partial charge < -0.3 is 15.0 Å². The molecule has 1 aromatic rings. The zero-order chi connectivity index (χ0) is 10.7. The number of aromatic nitrogens is 1. The quantitative estimate of drug-likeness (QED) is 0.759. The summed E-state index contributed by atoms with van der Waals surface area (Å²) in [5.74, 6) is -1.14. The number of hydrogen-bond donors (Lipinski definition) is 2. The van der Waals surface area contributed by atoms with Crippen LogP contribution in [0.4, 0.5) is 5.69 Å². The van der Waals surface area contributed by atoms with E-state index in [0.29, 0.717) is 12.1 Å². The molecular formula is C9H12N2O3. The van der Waals surface area contributed by atoms with Gasteiger partial charge in [0.1, 0.15) is 5.69 Å². The first kappa shape index (κ1) is 10.3. The Kier molecular flexibility index (Phi) is 2.91. The van der Waals surface area contributed by atoms with Gasteiger partial charge in [-0.15, -0.1) is 0 Å². The number of anilines is 1. The Hall–Kier alpha value is -1.78. The zero-order valence-electron chi connectivity index (χ0n) is 8.07. The van der Waals surface area contributed by atoms with Crippen LogP contribution >= 0.6 is 0 Å². The minimum Gasteiger partial charge on any atom is -0.477 e. The second kappa shape index (κ2) is 3.95. The summed E-state index contributed by atoms with van der Waals surface area (Å²) in [5, 5.41) is 11.3. The summed E-state index contributed by atoms with van der Waals surface area (Å²) in [4.78, 5) is 21.7. The lowest BCUT2D eigenvalue weighted by molar-refractivity contribution is -0.115. The third kappa shape index (κ3) is 2.12. The van der Waals surface area contributed by atoms with E-state index in [1.165, 1.54) is 10.6 Å². The molecule has 1 rings (SSSR count). The predicted molar refractivity (Wildman–Crippen MR) is 51.3 cm³/mol. The molecule has 5 nitrogen and oxygen atoms in total. The molecule has 1 aromatic heterocycles. The number of rotatable bonds is 3. The molecule has 76 valence electrons. The second-order valence-electron chi connectivity index (χ2n) is 2.93. The molecule has 0 aliphatic rings. The largest absolute Gasteiger partial charge is 0.477 e. The van der Waals surface area contributed by atoms with E-state index >= 15 is 0 Å². The van der Waals surface area contributed by atoms with Crippen molar-refractivity contribution >= 4 is 17.6 Å². The van der Waals surface area contributed by atoms with E-state index in [-0.39, 0.29) is 11.6 Å². The first-order chi connectivity index (χ1) is 6.54. The lowest BCUT2D eigenvalue weighted by Crippen LogP contribution is -2.08. The molecule has 0 saturated heterocycles. The van der Waals surface area contributed by atoms with Crippen LogP contribution in [0.3, 0.4) is 0 Å². The molecule has 0 spiro atoms. The maximum absolute atomic E-state index is 11.0. The summed E-state index contributed by atoms with van der Waals surface area (Å²) in [5.41, 5.74) is 0.660. The number of nitrogens with one attached hydrogen (secondary N) is 1. The van der Waals surface area contributed by atoms with Crippen molar-refractivity contribution < 1.29 is 14.7 Å².